The fourth-order valence-electron chi connectivity index (χ4n) is 3.19. The van der Waals surface area contributed by atoms with Gasteiger partial charge in [0.15, 0.2) is 0 Å². The van der Waals surface area contributed by atoms with Gasteiger partial charge in [0.25, 0.3) is 0 Å². The normalized spacial score (nSPS) is 20.9. The largest absolute Gasteiger partial charge is 0.393 e. The van der Waals surface area contributed by atoms with E-state index < -0.39 is 0 Å². The molecule has 0 spiro atoms. The van der Waals surface area contributed by atoms with Gasteiger partial charge >= 0.3 is 0 Å². The van der Waals surface area contributed by atoms with E-state index in [0.29, 0.717) is 6.54 Å². The summed E-state index contributed by atoms with van der Waals surface area (Å²) in [7, 11) is 0. The quantitative estimate of drug-likeness (QED) is 0.839. The van der Waals surface area contributed by atoms with Gasteiger partial charge in [-0.1, -0.05) is 12.1 Å². The number of hydrogen-bond donors (Lipinski definition) is 2. The summed E-state index contributed by atoms with van der Waals surface area (Å²) >= 11 is 0. The molecule has 0 bridgehead atoms. The van der Waals surface area contributed by atoms with Gasteiger partial charge < -0.3 is 15.2 Å². The van der Waals surface area contributed by atoms with Gasteiger partial charge in [-0.2, -0.15) is 0 Å². The van der Waals surface area contributed by atoms with E-state index >= 15 is 0 Å². The van der Waals surface area contributed by atoms with E-state index in [-0.39, 0.29) is 12.0 Å². The highest BCUT2D eigenvalue weighted by atomic mass is 16.5. The molecule has 0 aromatic heterocycles. The van der Waals surface area contributed by atoms with Crippen LogP contribution in [0.2, 0.25) is 0 Å². The number of carbonyl (C=O) groups excluding carboxylic acids is 1. The number of nitrogens with zero attached hydrogens (tertiary/aromatic N) is 2. The second kappa shape index (κ2) is 8.58. The maximum Gasteiger partial charge on any atom is 0.238 e. The van der Waals surface area contributed by atoms with Crippen molar-refractivity contribution in [3.8, 4) is 0 Å². The van der Waals surface area contributed by atoms with E-state index in [1.807, 2.05) is 12.1 Å². The Morgan fingerprint density at radius 2 is 1.75 bits per heavy atom. The minimum atomic E-state index is -0.205. The molecule has 0 unspecified atom stereocenters. The van der Waals surface area contributed by atoms with Crippen molar-refractivity contribution in [1.82, 2.24) is 9.80 Å². The summed E-state index contributed by atoms with van der Waals surface area (Å²) in [6, 6.07) is 8.08. The molecule has 1 amide bonds. The van der Waals surface area contributed by atoms with Crippen molar-refractivity contribution >= 4 is 11.6 Å². The van der Waals surface area contributed by atoms with Crippen LogP contribution in [0, 0.1) is 0 Å². The van der Waals surface area contributed by atoms with Crippen molar-refractivity contribution < 1.29 is 14.6 Å². The molecule has 0 atom stereocenters. The Labute approximate surface area is 143 Å². The lowest BCUT2D eigenvalue weighted by molar-refractivity contribution is -0.117. The van der Waals surface area contributed by atoms with Crippen LogP contribution in [0.25, 0.3) is 0 Å². The number of aliphatic hydroxyl groups excluding tert-OH is 1. The van der Waals surface area contributed by atoms with Gasteiger partial charge in [0.1, 0.15) is 0 Å². The lowest BCUT2D eigenvalue weighted by Gasteiger charge is -2.28. The molecule has 1 aromatic rings. The summed E-state index contributed by atoms with van der Waals surface area (Å²) in [4.78, 5) is 16.6. The first kappa shape index (κ1) is 17.4. The maximum atomic E-state index is 12.1. The summed E-state index contributed by atoms with van der Waals surface area (Å²) in [5, 5.41) is 12.5. The molecular formula is C18H27N3O3. The summed E-state index contributed by atoms with van der Waals surface area (Å²) < 4.78 is 5.36. The van der Waals surface area contributed by atoms with Gasteiger partial charge in [-0.05, 0) is 30.5 Å². The molecule has 2 fully saturated rings. The number of amides is 1. The zero-order valence-electron chi connectivity index (χ0n) is 14.1. The van der Waals surface area contributed by atoms with Crippen LogP contribution in [-0.4, -0.2) is 72.9 Å². The Bertz CT molecular complexity index is 521. The minimum Gasteiger partial charge on any atom is -0.393 e. The molecular weight excluding hydrogens is 306 g/mol. The lowest BCUT2D eigenvalue weighted by atomic mass is 10.1. The zero-order chi connectivity index (χ0) is 16.8. The first-order chi connectivity index (χ1) is 11.7. The van der Waals surface area contributed by atoms with Crippen LogP contribution in [0.1, 0.15) is 18.4 Å². The fourth-order valence-corrected chi connectivity index (χ4v) is 3.19. The number of carbonyl (C=O) groups is 1. The molecule has 0 saturated carbocycles. The molecule has 0 aliphatic carbocycles. The first-order valence-electron chi connectivity index (χ1n) is 8.78. The van der Waals surface area contributed by atoms with Gasteiger partial charge in [0.05, 0.1) is 25.9 Å². The van der Waals surface area contributed by atoms with Crippen LogP contribution in [0.4, 0.5) is 5.69 Å². The van der Waals surface area contributed by atoms with Gasteiger partial charge in [0, 0.05) is 38.4 Å². The van der Waals surface area contributed by atoms with Crippen molar-refractivity contribution in [2.75, 3.05) is 51.3 Å². The van der Waals surface area contributed by atoms with Crippen molar-refractivity contribution in [3.63, 3.8) is 0 Å². The lowest BCUT2D eigenvalue weighted by Crippen LogP contribution is -2.40. The predicted octanol–water partition coefficient (Wildman–Crippen LogP) is 0.914. The van der Waals surface area contributed by atoms with Gasteiger partial charge in [-0.15, -0.1) is 0 Å². The second-order valence-corrected chi connectivity index (χ2v) is 6.64. The standard InChI is InChI=1S/C18H27N3O3/c22-17-5-7-20(8-6-17)14-18(23)19-16-3-1-15(2-4-16)13-21-9-11-24-12-10-21/h1-4,17,22H,5-14H2,(H,19,23). The van der Waals surface area contributed by atoms with Crippen LogP contribution in [0.3, 0.4) is 0 Å². The Morgan fingerprint density at radius 3 is 2.42 bits per heavy atom. The number of anilines is 1. The molecule has 6 nitrogen and oxygen atoms in total. The highest BCUT2D eigenvalue weighted by Gasteiger charge is 2.19. The molecule has 132 valence electrons. The molecule has 1 aromatic carbocycles. The van der Waals surface area contributed by atoms with Crippen molar-refractivity contribution in [3.05, 3.63) is 29.8 Å². The van der Waals surface area contributed by atoms with E-state index in [2.05, 4.69) is 27.2 Å². The summed E-state index contributed by atoms with van der Waals surface area (Å²) in [6.45, 7) is 6.45. The van der Waals surface area contributed by atoms with Crippen LogP contribution in [0.15, 0.2) is 24.3 Å². The first-order valence-corrected chi connectivity index (χ1v) is 8.78. The van der Waals surface area contributed by atoms with Crippen molar-refractivity contribution in [2.45, 2.75) is 25.5 Å². The van der Waals surface area contributed by atoms with Gasteiger partial charge in [-0.3, -0.25) is 14.6 Å². The number of ether oxygens (including phenoxy) is 1. The van der Waals surface area contributed by atoms with E-state index in [0.717, 1.165) is 64.5 Å². The topological polar surface area (TPSA) is 65.0 Å². The average Bonchev–Trinajstić information content (AvgIpc) is 2.60. The SMILES string of the molecule is O=C(CN1CCC(O)CC1)Nc1ccc(CN2CCOCC2)cc1. The van der Waals surface area contributed by atoms with Crippen LogP contribution < -0.4 is 5.32 Å². The number of rotatable bonds is 5. The number of aliphatic hydroxyl groups is 1. The number of piperidine rings is 1. The van der Waals surface area contributed by atoms with Crippen molar-refractivity contribution in [1.29, 1.82) is 0 Å². The molecule has 3 rings (SSSR count). The van der Waals surface area contributed by atoms with E-state index in [1.165, 1.54) is 5.56 Å². The molecule has 2 heterocycles. The van der Waals surface area contributed by atoms with Gasteiger partial charge in [0.2, 0.25) is 5.91 Å². The number of hydrogen-bond acceptors (Lipinski definition) is 5. The number of nitrogens with one attached hydrogen (secondary N) is 1. The average molecular weight is 333 g/mol. The molecule has 2 N–H and O–H groups in total. The van der Waals surface area contributed by atoms with Crippen LogP contribution in [0.5, 0.6) is 0 Å². The third kappa shape index (κ3) is 5.27. The summed E-state index contributed by atoms with van der Waals surface area (Å²) in [5.74, 6) is 0.00678. The Kier molecular flexibility index (Phi) is 6.20. The monoisotopic (exact) mass is 333 g/mol. The fraction of sp³-hybridized carbons (Fsp3) is 0.611. The maximum absolute atomic E-state index is 12.1. The number of likely N-dealkylation sites (tertiary alicyclic amines) is 1. The highest BCUT2D eigenvalue weighted by molar-refractivity contribution is 5.92. The molecule has 24 heavy (non-hydrogen) atoms. The minimum absolute atomic E-state index is 0.00678. The predicted molar refractivity (Wildman–Crippen MR) is 92.8 cm³/mol. The zero-order valence-corrected chi connectivity index (χ0v) is 14.1. The molecule has 2 aliphatic heterocycles. The van der Waals surface area contributed by atoms with Gasteiger partial charge in [-0.25, -0.2) is 0 Å². The van der Waals surface area contributed by atoms with Crippen LogP contribution in [-0.2, 0) is 16.1 Å². The third-order valence-corrected chi connectivity index (χ3v) is 4.67. The van der Waals surface area contributed by atoms with E-state index in [9.17, 15) is 9.90 Å². The Balaban J connectivity index is 1.44. The van der Waals surface area contributed by atoms with E-state index in [4.69, 9.17) is 4.74 Å². The second-order valence-electron chi connectivity index (χ2n) is 6.64. The summed E-state index contributed by atoms with van der Waals surface area (Å²) in [6.07, 6.45) is 1.30. The molecule has 0 radical (unpaired) electrons. The summed E-state index contributed by atoms with van der Waals surface area (Å²) in [5.41, 5.74) is 2.09. The molecule has 2 aliphatic rings. The Morgan fingerprint density at radius 1 is 1.08 bits per heavy atom. The van der Waals surface area contributed by atoms with Crippen LogP contribution >= 0.6 is 0 Å². The highest BCUT2D eigenvalue weighted by Crippen LogP contribution is 2.13. The third-order valence-electron chi connectivity index (χ3n) is 4.67. The van der Waals surface area contributed by atoms with E-state index in [1.54, 1.807) is 0 Å². The number of morpholine rings is 1. The van der Waals surface area contributed by atoms with Crippen molar-refractivity contribution in [2.24, 2.45) is 0 Å². The molecule has 2 saturated heterocycles. The Hall–Kier alpha value is -1.47. The smallest absolute Gasteiger partial charge is 0.238 e. The number of benzene rings is 1. The molecule has 6 heteroatoms.